The number of hydrogen-bond acceptors (Lipinski definition) is 5. The van der Waals surface area contributed by atoms with E-state index in [4.69, 9.17) is 4.42 Å². The van der Waals surface area contributed by atoms with Gasteiger partial charge in [-0.2, -0.15) is 24.9 Å². The number of hydrogen-bond donors (Lipinski definition) is 1. The Morgan fingerprint density at radius 3 is 2.76 bits per heavy atom. The van der Waals surface area contributed by atoms with Gasteiger partial charge in [0, 0.05) is 25.1 Å². The quantitative estimate of drug-likeness (QED) is 0.720. The Morgan fingerprint density at radius 2 is 2.04 bits per heavy atom. The molecule has 0 atom stereocenters. The molecule has 1 aromatic carbocycles. The molecule has 0 radical (unpaired) electrons. The maximum Gasteiger partial charge on any atom is 0.416 e. The summed E-state index contributed by atoms with van der Waals surface area (Å²) in [5.41, 5.74) is -0.286. The van der Waals surface area contributed by atoms with Crippen LogP contribution in [0.4, 0.5) is 13.2 Å². The molecule has 1 heterocycles. The van der Waals surface area contributed by atoms with Crippen molar-refractivity contribution in [2.24, 2.45) is 0 Å². The zero-order valence-corrected chi connectivity index (χ0v) is 14.4. The standard InChI is InChI=1S/C16H18F3N3O2S/c1-25-8-7-20-13(23)5-6-14-21-22-15(24-14)10-11-3-2-4-12(9-11)16(17,18)19/h2-4,9H,5-8,10H2,1H3,(H,20,23). The number of aryl methyl sites for hydroxylation is 1. The van der Waals surface area contributed by atoms with Crippen molar-refractivity contribution in [1.82, 2.24) is 15.5 Å². The van der Waals surface area contributed by atoms with Crippen LogP contribution >= 0.6 is 11.8 Å². The van der Waals surface area contributed by atoms with Crippen LogP contribution in [0.15, 0.2) is 28.7 Å². The summed E-state index contributed by atoms with van der Waals surface area (Å²) >= 11 is 1.64. The van der Waals surface area contributed by atoms with E-state index in [2.05, 4.69) is 15.5 Å². The summed E-state index contributed by atoms with van der Waals surface area (Å²) in [6.45, 7) is 0.602. The summed E-state index contributed by atoms with van der Waals surface area (Å²) in [5, 5.41) is 10.4. The average Bonchev–Trinajstić information content (AvgIpc) is 3.00. The van der Waals surface area contributed by atoms with Crippen LogP contribution in [0, 0.1) is 0 Å². The summed E-state index contributed by atoms with van der Waals surface area (Å²) in [6.07, 6.45) is -1.81. The lowest BCUT2D eigenvalue weighted by molar-refractivity contribution is -0.137. The smallest absolute Gasteiger partial charge is 0.416 e. The molecule has 2 rings (SSSR count). The number of rotatable bonds is 8. The van der Waals surface area contributed by atoms with Gasteiger partial charge >= 0.3 is 6.18 Å². The molecule has 5 nitrogen and oxygen atoms in total. The minimum atomic E-state index is -4.39. The van der Waals surface area contributed by atoms with Crippen LogP contribution in [0.2, 0.25) is 0 Å². The molecule has 1 amide bonds. The van der Waals surface area contributed by atoms with Crippen LogP contribution in [0.25, 0.3) is 0 Å². The molecule has 0 aliphatic carbocycles. The highest BCUT2D eigenvalue weighted by Gasteiger charge is 2.30. The maximum atomic E-state index is 12.7. The first-order valence-corrected chi connectivity index (χ1v) is 9.01. The van der Waals surface area contributed by atoms with Gasteiger partial charge in [0.1, 0.15) is 0 Å². The number of alkyl halides is 3. The highest BCUT2D eigenvalue weighted by molar-refractivity contribution is 7.98. The Hall–Kier alpha value is -2.03. The highest BCUT2D eigenvalue weighted by Crippen LogP contribution is 2.29. The molecule has 25 heavy (non-hydrogen) atoms. The fourth-order valence-corrected chi connectivity index (χ4v) is 2.40. The van der Waals surface area contributed by atoms with E-state index in [0.717, 1.165) is 17.9 Å². The second kappa shape index (κ2) is 8.89. The lowest BCUT2D eigenvalue weighted by Crippen LogP contribution is -2.25. The molecular formula is C16H18F3N3O2S. The first-order chi connectivity index (χ1) is 11.9. The van der Waals surface area contributed by atoms with Crippen LogP contribution < -0.4 is 5.32 Å². The fourth-order valence-electron chi connectivity index (χ4n) is 2.09. The number of carbonyl (C=O) groups is 1. The summed E-state index contributed by atoms with van der Waals surface area (Å²) in [4.78, 5) is 11.6. The molecule has 0 spiro atoms. The molecule has 0 fully saturated rings. The van der Waals surface area contributed by atoms with E-state index < -0.39 is 11.7 Å². The molecule has 0 bridgehead atoms. The van der Waals surface area contributed by atoms with Crippen LogP contribution in [0.1, 0.15) is 29.3 Å². The van der Waals surface area contributed by atoms with Crippen LogP contribution in [-0.2, 0) is 23.8 Å². The van der Waals surface area contributed by atoms with E-state index in [-0.39, 0.29) is 24.6 Å². The van der Waals surface area contributed by atoms with E-state index >= 15 is 0 Å². The summed E-state index contributed by atoms with van der Waals surface area (Å²) in [7, 11) is 0. The average molecular weight is 373 g/mol. The molecule has 0 unspecified atom stereocenters. The van der Waals surface area contributed by atoms with Crippen molar-refractivity contribution < 1.29 is 22.4 Å². The van der Waals surface area contributed by atoms with Gasteiger partial charge in [0.05, 0.1) is 12.0 Å². The predicted molar refractivity (Wildman–Crippen MR) is 88.3 cm³/mol. The van der Waals surface area contributed by atoms with Gasteiger partial charge in [-0.1, -0.05) is 18.2 Å². The molecule has 1 aromatic heterocycles. The van der Waals surface area contributed by atoms with Gasteiger partial charge in [-0.3, -0.25) is 4.79 Å². The van der Waals surface area contributed by atoms with E-state index in [1.54, 1.807) is 17.8 Å². The van der Waals surface area contributed by atoms with E-state index in [1.165, 1.54) is 6.07 Å². The van der Waals surface area contributed by atoms with Gasteiger partial charge in [-0.25, -0.2) is 0 Å². The normalized spacial score (nSPS) is 11.5. The number of benzene rings is 1. The van der Waals surface area contributed by atoms with Gasteiger partial charge in [0.2, 0.25) is 17.7 Å². The molecule has 0 saturated carbocycles. The van der Waals surface area contributed by atoms with E-state index in [9.17, 15) is 18.0 Å². The Labute approximate surface area is 147 Å². The molecule has 0 aliphatic rings. The Balaban J connectivity index is 1.88. The SMILES string of the molecule is CSCCNC(=O)CCc1nnc(Cc2cccc(C(F)(F)F)c2)o1. The van der Waals surface area contributed by atoms with Gasteiger partial charge in [0.15, 0.2) is 0 Å². The third-order valence-corrected chi connectivity index (χ3v) is 3.93. The molecule has 2 aromatic rings. The molecule has 0 saturated heterocycles. The lowest BCUT2D eigenvalue weighted by Gasteiger charge is -2.07. The second-order valence-corrected chi connectivity index (χ2v) is 6.29. The maximum absolute atomic E-state index is 12.7. The number of halogens is 3. The molecule has 9 heteroatoms. The minimum absolute atomic E-state index is 0.105. The van der Waals surface area contributed by atoms with Crippen LogP contribution in [0.3, 0.4) is 0 Å². The predicted octanol–water partition coefficient (Wildman–Crippen LogP) is 3.09. The summed E-state index contributed by atoms with van der Waals surface area (Å²) < 4.78 is 43.5. The van der Waals surface area contributed by atoms with Crippen molar-refractivity contribution in [2.45, 2.75) is 25.4 Å². The Bertz CT molecular complexity index is 704. The van der Waals surface area contributed by atoms with Crippen molar-refractivity contribution >= 4 is 17.7 Å². The van der Waals surface area contributed by atoms with E-state index in [0.29, 0.717) is 24.4 Å². The third-order valence-electron chi connectivity index (χ3n) is 3.31. The summed E-state index contributed by atoms with van der Waals surface area (Å²) in [5.74, 6) is 1.25. The Morgan fingerprint density at radius 1 is 1.28 bits per heavy atom. The third kappa shape index (κ3) is 6.41. The fraction of sp³-hybridized carbons (Fsp3) is 0.438. The number of thioether (sulfide) groups is 1. The first-order valence-electron chi connectivity index (χ1n) is 7.61. The van der Waals surface area contributed by atoms with Crippen molar-refractivity contribution in [3.63, 3.8) is 0 Å². The van der Waals surface area contributed by atoms with E-state index in [1.807, 2.05) is 6.26 Å². The topological polar surface area (TPSA) is 68.0 Å². The first kappa shape index (κ1) is 19.3. The second-order valence-electron chi connectivity index (χ2n) is 5.31. The number of aromatic nitrogens is 2. The van der Waals surface area contributed by atoms with Crippen molar-refractivity contribution in [1.29, 1.82) is 0 Å². The minimum Gasteiger partial charge on any atom is -0.425 e. The van der Waals surface area contributed by atoms with Gasteiger partial charge in [-0.05, 0) is 17.9 Å². The highest BCUT2D eigenvalue weighted by atomic mass is 32.2. The van der Waals surface area contributed by atoms with Crippen LogP contribution in [-0.4, -0.2) is 34.7 Å². The number of amides is 1. The molecule has 1 N–H and O–H groups in total. The number of carbonyl (C=O) groups excluding carboxylic acids is 1. The lowest BCUT2D eigenvalue weighted by atomic mass is 10.1. The van der Waals surface area contributed by atoms with Gasteiger partial charge < -0.3 is 9.73 Å². The zero-order chi connectivity index (χ0) is 18.3. The van der Waals surface area contributed by atoms with Crippen molar-refractivity contribution in [3.05, 3.63) is 47.2 Å². The Kier molecular flexibility index (Phi) is 6.86. The van der Waals surface area contributed by atoms with Crippen molar-refractivity contribution in [3.8, 4) is 0 Å². The number of nitrogens with one attached hydrogen (secondary N) is 1. The zero-order valence-electron chi connectivity index (χ0n) is 13.6. The van der Waals surface area contributed by atoms with Gasteiger partial charge in [0.25, 0.3) is 0 Å². The van der Waals surface area contributed by atoms with Gasteiger partial charge in [-0.15, -0.1) is 10.2 Å². The largest absolute Gasteiger partial charge is 0.425 e. The molecule has 136 valence electrons. The van der Waals surface area contributed by atoms with Crippen LogP contribution in [0.5, 0.6) is 0 Å². The summed E-state index contributed by atoms with van der Waals surface area (Å²) in [6, 6.07) is 4.98. The molecule has 0 aliphatic heterocycles. The monoisotopic (exact) mass is 373 g/mol. The molecular weight excluding hydrogens is 355 g/mol. The number of nitrogens with zero attached hydrogens (tertiary/aromatic N) is 2. The van der Waals surface area contributed by atoms with Crippen molar-refractivity contribution in [2.75, 3.05) is 18.6 Å².